The lowest BCUT2D eigenvalue weighted by molar-refractivity contribution is -0.120. The Morgan fingerprint density at radius 1 is 1.15 bits per heavy atom. The van der Waals surface area contributed by atoms with Gasteiger partial charge in [0, 0.05) is 12.1 Å². The van der Waals surface area contributed by atoms with Gasteiger partial charge in [0.1, 0.15) is 0 Å². The molecule has 0 aliphatic carbocycles. The minimum atomic E-state index is -1.10. The van der Waals surface area contributed by atoms with E-state index in [0.29, 0.717) is 12.5 Å². The molecule has 1 rings (SSSR count). The van der Waals surface area contributed by atoms with E-state index < -0.39 is 11.9 Å². The largest absolute Gasteiger partial charge is 0.478 e. The van der Waals surface area contributed by atoms with Gasteiger partial charge in [-0.15, -0.1) is 0 Å². The number of carboxylic acids is 1. The van der Waals surface area contributed by atoms with Gasteiger partial charge in [0.2, 0.25) is 5.91 Å². The maximum atomic E-state index is 11.8. The van der Waals surface area contributed by atoms with Crippen LogP contribution < -0.4 is 10.6 Å². The molecular weight excluding hydrogens is 260 g/mol. The lowest BCUT2D eigenvalue weighted by atomic mass is 10.1. The fourth-order valence-electron chi connectivity index (χ4n) is 1.44. The molecular formula is C14H18N2O4. The van der Waals surface area contributed by atoms with Crippen LogP contribution in [0.3, 0.4) is 0 Å². The second-order valence-electron chi connectivity index (χ2n) is 4.77. The second-order valence-corrected chi connectivity index (χ2v) is 4.77. The molecule has 0 aliphatic heterocycles. The van der Waals surface area contributed by atoms with E-state index in [4.69, 9.17) is 5.11 Å². The predicted octanol–water partition coefficient (Wildman–Crippen LogP) is 0.887. The Bertz CT molecular complexity index is 512. The van der Waals surface area contributed by atoms with Crippen molar-refractivity contribution < 1.29 is 19.5 Å². The van der Waals surface area contributed by atoms with E-state index >= 15 is 0 Å². The van der Waals surface area contributed by atoms with Crippen LogP contribution in [-0.2, 0) is 4.79 Å². The summed E-state index contributed by atoms with van der Waals surface area (Å²) in [6.07, 6.45) is 0. The van der Waals surface area contributed by atoms with Crippen molar-refractivity contribution in [2.75, 3.05) is 13.1 Å². The highest BCUT2D eigenvalue weighted by atomic mass is 16.4. The lowest BCUT2D eigenvalue weighted by Gasteiger charge is -2.09. The molecule has 6 nitrogen and oxygen atoms in total. The van der Waals surface area contributed by atoms with E-state index in [1.807, 2.05) is 13.8 Å². The highest BCUT2D eigenvalue weighted by Gasteiger charge is 2.10. The molecule has 0 unspecified atom stereocenters. The van der Waals surface area contributed by atoms with Crippen LogP contribution in [0.2, 0.25) is 0 Å². The molecule has 1 aromatic carbocycles. The van der Waals surface area contributed by atoms with E-state index in [2.05, 4.69) is 10.6 Å². The van der Waals surface area contributed by atoms with Gasteiger partial charge in [0.25, 0.3) is 5.91 Å². The van der Waals surface area contributed by atoms with Crippen LogP contribution in [0, 0.1) is 5.92 Å². The zero-order chi connectivity index (χ0) is 15.1. The van der Waals surface area contributed by atoms with Crippen LogP contribution in [-0.4, -0.2) is 36.0 Å². The number of aromatic carboxylic acids is 1. The van der Waals surface area contributed by atoms with Crippen molar-refractivity contribution in [1.29, 1.82) is 0 Å². The molecule has 2 amide bonds. The molecule has 0 saturated heterocycles. The number of carboxylic acid groups (broad SMARTS) is 1. The molecule has 20 heavy (non-hydrogen) atoms. The van der Waals surface area contributed by atoms with Crippen LogP contribution in [0.4, 0.5) is 0 Å². The van der Waals surface area contributed by atoms with Crippen molar-refractivity contribution in [1.82, 2.24) is 10.6 Å². The van der Waals surface area contributed by atoms with Gasteiger partial charge in [0.15, 0.2) is 0 Å². The molecule has 0 heterocycles. The van der Waals surface area contributed by atoms with Gasteiger partial charge in [0.05, 0.1) is 12.1 Å². The second kappa shape index (κ2) is 7.28. The number of hydrogen-bond donors (Lipinski definition) is 3. The number of carbonyl (C=O) groups is 3. The van der Waals surface area contributed by atoms with Gasteiger partial charge in [-0.05, 0) is 24.1 Å². The van der Waals surface area contributed by atoms with Crippen LogP contribution in [0.25, 0.3) is 0 Å². The molecule has 6 heteroatoms. The normalized spacial score (nSPS) is 10.2. The zero-order valence-corrected chi connectivity index (χ0v) is 11.5. The van der Waals surface area contributed by atoms with Gasteiger partial charge in [-0.3, -0.25) is 9.59 Å². The Morgan fingerprint density at radius 3 is 2.40 bits per heavy atom. The summed E-state index contributed by atoms with van der Waals surface area (Å²) in [5, 5.41) is 14.0. The first-order valence-electron chi connectivity index (χ1n) is 6.28. The number of benzene rings is 1. The lowest BCUT2D eigenvalue weighted by Crippen LogP contribution is -2.38. The molecule has 0 bridgehead atoms. The third-order valence-corrected chi connectivity index (χ3v) is 2.49. The first-order chi connectivity index (χ1) is 9.40. The van der Waals surface area contributed by atoms with Crippen LogP contribution >= 0.6 is 0 Å². The van der Waals surface area contributed by atoms with E-state index in [-0.39, 0.29) is 23.6 Å². The Labute approximate surface area is 117 Å². The number of rotatable bonds is 6. The Morgan fingerprint density at radius 2 is 1.80 bits per heavy atom. The highest BCUT2D eigenvalue weighted by molar-refractivity contribution is 5.98. The minimum Gasteiger partial charge on any atom is -0.478 e. The van der Waals surface area contributed by atoms with Crippen LogP contribution in [0.1, 0.15) is 34.6 Å². The van der Waals surface area contributed by atoms with Gasteiger partial charge in [-0.25, -0.2) is 4.79 Å². The fraction of sp³-hybridized carbons (Fsp3) is 0.357. The average Bonchev–Trinajstić information content (AvgIpc) is 2.42. The van der Waals surface area contributed by atoms with Crippen molar-refractivity contribution in [3.05, 3.63) is 35.4 Å². The monoisotopic (exact) mass is 278 g/mol. The molecule has 3 N–H and O–H groups in total. The molecule has 0 saturated carbocycles. The number of nitrogens with one attached hydrogen (secondary N) is 2. The van der Waals surface area contributed by atoms with Crippen molar-refractivity contribution in [3.8, 4) is 0 Å². The van der Waals surface area contributed by atoms with Crippen molar-refractivity contribution in [3.63, 3.8) is 0 Å². The first kappa shape index (κ1) is 15.7. The van der Waals surface area contributed by atoms with Gasteiger partial charge < -0.3 is 15.7 Å². The molecule has 0 spiro atoms. The highest BCUT2D eigenvalue weighted by Crippen LogP contribution is 2.05. The van der Waals surface area contributed by atoms with Crippen LogP contribution in [0.15, 0.2) is 24.3 Å². The zero-order valence-electron chi connectivity index (χ0n) is 11.5. The molecule has 0 aliphatic rings. The molecule has 1 aromatic rings. The molecule has 0 atom stereocenters. The Balaban J connectivity index is 2.53. The summed E-state index contributed by atoms with van der Waals surface area (Å²) >= 11 is 0. The summed E-state index contributed by atoms with van der Waals surface area (Å²) in [5.41, 5.74) is 0.239. The van der Waals surface area contributed by atoms with E-state index in [1.165, 1.54) is 24.3 Å². The molecule has 0 fully saturated rings. The smallest absolute Gasteiger partial charge is 0.335 e. The maximum Gasteiger partial charge on any atom is 0.335 e. The number of hydrogen-bond acceptors (Lipinski definition) is 3. The van der Waals surface area contributed by atoms with E-state index in [1.54, 1.807) is 0 Å². The molecule has 0 aromatic heterocycles. The number of carbonyl (C=O) groups excluding carboxylic acids is 2. The molecule has 0 radical (unpaired) electrons. The number of amides is 2. The summed E-state index contributed by atoms with van der Waals surface area (Å²) in [5.74, 6) is -1.52. The third-order valence-electron chi connectivity index (χ3n) is 2.49. The fourth-order valence-corrected chi connectivity index (χ4v) is 1.44. The van der Waals surface area contributed by atoms with E-state index in [0.717, 1.165) is 0 Å². The average molecular weight is 278 g/mol. The topological polar surface area (TPSA) is 95.5 Å². The quantitative estimate of drug-likeness (QED) is 0.720. The predicted molar refractivity (Wildman–Crippen MR) is 73.6 cm³/mol. The summed E-state index contributed by atoms with van der Waals surface area (Å²) < 4.78 is 0. The standard InChI is InChI=1S/C14H18N2O4/c1-9(2)7-15-12(17)8-16-13(18)10-4-3-5-11(6-10)14(19)20/h3-6,9H,7-8H2,1-2H3,(H,15,17)(H,16,18)(H,19,20). The van der Waals surface area contributed by atoms with Gasteiger partial charge in [-0.1, -0.05) is 19.9 Å². The summed E-state index contributed by atoms with van der Waals surface area (Å²) in [4.78, 5) is 34.0. The van der Waals surface area contributed by atoms with Gasteiger partial charge >= 0.3 is 5.97 Å². The van der Waals surface area contributed by atoms with Crippen LogP contribution in [0.5, 0.6) is 0 Å². The van der Waals surface area contributed by atoms with Crippen molar-refractivity contribution >= 4 is 17.8 Å². The minimum absolute atomic E-state index is 0.0295. The first-order valence-corrected chi connectivity index (χ1v) is 6.28. The SMILES string of the molecule is CC(C)CNC(=O)CNC(=O)c1cccc(C(=O)O)c1. The molecule has 108 valence electrons. The summed E-state index contributed by atoms with van der Waals surface area (Å²) in [7, 11) is 0. The van der Waals surface area contributed by atoms with Crippen molar-refractivity contribution in [2.45, 2.75) is 13.8 Å². The van der Waals surface area contributed by atoms with E-state index in [9.17, 15) is 14.4 Å². The summed E-state index contributed by atoms with van der Waals surface area (Å²) in [6, 6.07) is 5.64. The maximum absolute atomic E-state index is 11.8. The Kier molecular flexibility index (Phi) is 5.71. The third kappa shape index (κ3) is 5.09. The Hall–Kier alpha value is -2.37. The van der Waals surface area contributed by atoms with Crippen molar-refractivity contribution in [2.24, 2.45) is 5.92 Å². The summed E-state index contributed by atoms with van der Waals surface area (Å²) in [6.45, 7) is 4.35. The van der Waals surface area contributed by atoms with Gasteiger partial charge in [-0.2, -0.15) is 0 Å².